The van der Waals surface area contributed by atoms with E-state index in [0.29, 0.717) is 21.3 Å². The summed E-state index contributed by atoms with van der Waals surface area (Å²) in [4.78, 5) is 25.9. The van der Waals surface area contributed by atoms with E-state index < -0.39 is 11.5 Å². The molecule has 1 unspecified atom stereocenters. The largest absolute Gasteiger partial charge is 0.375 e. The molecule has 0 radical (unpaired) electrons. The lowest BCUT2D eigenvalue weighted by Crippen LogP contribution is -2.41. The van der Waals surface area contributed by atoms with Crippen molar-refractivity contribution in [2.75, 3.05) is 4.90 Å². The van der Waals surface area contributed by atoms with Crippen LogP contribution in [-0.4, -0.2) is 16.8 Å². The maximum Gasteiger partial charge on any atom is 0.264 e. The predicted molar refractivity (Wildman–Crippen MR) is 93.3 cm³/mol. The minimum absolute atomic E-state index is 0.162. The van der Waals surface area contributed by atoms with Gasteiger partial charge in [0.25, 0.3) is 5.91 Å². The zero-order valence-corrected chi connectivity index (χ0v) is 14.4. The van der Waals surface area contributed by atoms with Crippen molar-refractivity contribution in [1.29, 1.82) is 0 Å². The molecule has 0 spiro atoms. The van der Waals surface area contributed by atoms with Crippen molar-refractivity contribution in [2.24, 2.45) is 0 Å². The second kappa shape index (κ2) is 6.20. The van der Waals surface area contributed by atoms with Crippen molar-refractivity contribution >= 4 is 40.6 Å². The molecule has 0 bridgehead atoms. The molecule has 6 heteroatoms. The SMILES string of the molecule is CC(=O)CC1(O)C(=O)N(Cc2ccccc2Cl)c2c(Cl)cccc21. The number of carbonyl (C=O) groups is 2. The van der Waals surface area contributed by atoms with Gasteiger partial charge in [-0.15, -0.1) is 0 Å². The summed E-state index contributed by atoms with van der Waals surface area (Å²) in [5.74, 6) is -0.850. The molecule has 0 saturated heterocycles. The molecular weight excluding hydrogens is 349 g/mol. The summed E-state index contributed by atoms with van der Waals surface area (Å²) in [6, 6.07) is 12.1. The summed E-state index contributed by atoms with van der Waals surface area (Å²) >= 11 is 12.5. The summed E-state index contributed by atoms with van der Waals surface area (Å²) in [6.45, 7) is 1.50. The number of halogens is 2. The Bertz CT molecular complexity index is 837. The lowest BCUT2D eigenvalue weighted by molar-refractivity contribution is -0.141. The van der Waals surface area contributed by atoms with Gasteiger partial charge in [-0.05, 0) is 24.6 Å². The van der Waals surface area contributed by atoms with Gasteiger partial charge >= 0.3 is 0 Å². The number of nitrogens with zero attached hydrogens (tertiary/aromatic N) is 1. The second-order valence-electron chi connectivity index (χ2n) is 5.86. The van der Waals surface area contributed by atoms with Gasteiger partial charge in [-0.25, -0.2) is 0 Å². The Morgan fingerprint density at radius 2 is 1.79 bits per heavy atom. The average Bonchev–Trinajstić information content (AvgIpc) is 2.72. The van der Waals surface area contributed by atoms with E-state index >= 15 is 0 Å². The van der Waals surface area contributed by atoms with Gasteiger partial charge in [0.15, 0.2) is 5.60 Å². The highest BCUT2D eigenvalue weighted by molar-refractivity contribution is 6.35. The standard InChI is InChI=1S/C18H15Cl2NO3/c1-11(22)9-18(24)13-6-4-8-15(20)16(13)21(17(18)23)10-12-5-2-3-7-14(12)19/h2-8,24H,9-10H2,1H3. The maximum atomic E-state index is 12.9. The van der Waals surface area contributed by atoms with Gasteiger partial charge in [0.1, 0.15) is 5.78 Å². The number of benzene rings is 2. The van der Waals surface area contributed by atoms with Crippen LogP contribution in [0.5, 0.6) is 0 Å². The van der Waals surface area contributed by atoms with Crippen molar-refractivity contribution in [3.63, 3.8) is 0 Å². The molecule has 0 aromatic heterocycles. The van der Waals surface area contributed by atoms with Gasteiger partial charge in [-0.1, -0.05) is 53.5 Å². The van der Waals surface area contributed by atoms with Crippen LogP contribution in [0.25, 0.3) is 0 Å². The summed E-state index contributed by atoms with van der Waals surface area (Å²) < 4.78 is 0. The summed E-state index contributed by atoms with van der Waals surface area (Å²) in [7, 11) is 0. The molecule has 124 valence electrons. The van der Waals surface area contributed by atoms with Gasteiger partial charge in [0.05, 0.1) is 17.3 Å². The van der Waals surface area contributed by atoms with Gasteiger partial charge < -0.3 is 10.0 Å². The topological polar surface area (TPSA) is 57.6 Å². The zero-order valence-electron chi connectivity index (χ0n) is 12.9. The smallest absolute Gasteiger partial charge is 0.264 e. The Morgan fingerprint density at radius 1 is 1.12 bits per heavy atom. The highest BCUT2D eigenvalue weighted by atomic mass is 35.5. The van der Waals surface area contributed by atoms with Crippen molar-refractivity contribution in [1.82, 2.24) is 0 Å². The number of carbonyl (C=O) groups excluding carboxylic acids is 2. The van der Waals surface area contributed by atoms with Gasteiger partial charge in [0.2, 0.25) is 0 Å². The molecule has 2 aromatic rings. The molecule has 1 aliphatic rings. The molecule has 0 saturated carbocycles. The van der Waals surface area contributed by atoms with Gasteiger partial charge in [0, 0.05) is 17.0 Å². The van der Waals surface area contributed by atoms with E-state index in [1.54, 1.807) is 36.4 Å². The van der Waals surface area contributed by atoms with Crippen LogP contribution in [0.15, 0.2) is 42.5 Å². The Hall–Kier alpha value is -1.88. The highest BCUT2D eigenvalue weighted by Gasteiger charge is 2.51. The number of amides is 1. The number of anilines is 1. The quantitative estimate of drug-likeness (QED) is 0.900. The zero-order chi connectivity index (χ0) is 17.5. The monoisotopic (exact) mass is 363 g/mol. The third-order valence-corrected chi connectivity index (χ3v) is 4.77. The summed E-state index contributed by atoms with van der Waals surface area (Å²) in [5.41, 5.74) is -0.395. The van der Waals surface area contributed by atoms with Crippen LogP contribution in [-0.2, 0) is 21.7 Å². The minimum Gasteiger partial charge on any atom is -0.375 e. The van der Waals surface area contributed by atoms with Crippen LogP contribution in [0.2, 0.25) is 10.0 Å². The van der Waals surface area contributed by atoms with E-state index in [4.69, 9.17) is 23.2 Å². The normalized spacial score (nSPS) is 19.5. The first-order valence-electron chi connectivity index (χ1n) is 7.41. The fraction of sp³-hybridized carbons (Fsp3) is 0.222. The van der Waals surface area contributed by atoms with E-state index in [1.807, 2.05) is 6.07 Å². The van der Waals surface area contributed by atoms with Crippen molar-refractivity contribution in [3.05, 3.63) is 63.6 Å². The number of Topliss-reactive ketones (excluding diaryl/α,β-unsaturated/α-hetero) is 1. The second-order valence-corrected chi connectivity index (χ2v) is 6.67. The number of hydrogen-bond acceptors (Lipinski definition) is 3. The average molecular weight is 364 g/mol. The molecule has 2 aromatic carbocycles. The van der Waals surface area contributed by atoms with Crippen LogP contribution in [0.4, 0.5) is 5.69 Å². The van der Waals surface area contributed by atoms with Gasteiger partial charge in [-0.3, -0.25) is 9.59 Å². The fourth-order valence-electron chi connectivity index (χ4n) is 3.04. The lowest BCUT2D eigenvalue weighted by atomic mass is 9.90. The third-order valence-electron chi connectivity index (χ3n) is 4.09. The Kier molecular flexibility index (Phi) is 4.38. The first-order chi connectivity index (χ1) is 11.3. The predicted octanol–water partition coefficient (Wildman–Crippen LogP) is 3.71. The van der Waals surface area contributed by atoms with E-state index in [2.05, 4.69) is 0 Å². The van der Waals surface area contributed by atoms with E-state index in [0.717, 1.165) is 5.56 Å². The van der Waals surface area contributed by atoms with Crippen LogP contribution in [0.3, 0.4) is 0 Å². The fourth-order valence-corrected chi connectivity index (χ4v) is 3.51. The number of aliphatic hydroxyl groups is 1. The minimum atomic E-state index is -1.90. The van der Waals surface area contributed by atoms with Crippen LogP contribution >= 0.6 is 23.2 Å². The van der Waals surface area contributed by atoms with Crippen LogP contribution < -0.4 is 4.90 Å². The maximum absolute atomic E-state index is 12.9. The summed E-state index contributed by atoms with van der Waals surface area (Å²) in [5, 5.41) is 11.8. The molecule has 0 fully saturated rings. The Morgan fingerprint density at radius 3 is 2.46 bits per heavy atom. The highest BCUT2D eigenvalue weighted by Crippen LogP contribution is 2.46. The molecule has 4 nitrogen and oxygen atoms in total. The molecular formula is C18H15Cl2NO3. The van der Waals surface area contributed by atoms with E-state index in [9.17, 15) is 14.7 Å². The first-order valence-corrected chi connectivity index (χ1v) is 8.16. The molecule has 1 N–H and O–H groups in total. The van der Waals surface area contributed by atoms with Crippen molar-refractivity contribution in [3.8, 4) is 0 Å². The molecule has 24 heavy (non-hydrogen) atoms. The summed E-state index contributed by atoms with van der Waals surface area (Å²) in [6.07, 6.45) is -0.293. The van der Waals surface area contributed by atoms with E-state index in [1.165, 1.54) is 11.8 Å². The molecule has 3 rings (SSSR count). The molecule has 0 aliphatic carbocycles. The molecule has 1 heterocycles. The number of hydrogen-bond donors (Lipinski definition) is 1. The number of fused-ring (bicyclic) bond motifs is 1. The lowest BCUT2D eigenvalue weighted by Gasteiger charge is -2.22. The molecule has 1 aliphatic heterocycles. The van der Waals surface area contributed by atoms with E-state index in [-0.39, 0.29) is 18.7 Å². The third kappa shape index (κ3) is 2.71. The number of para-hydroxylation sites is 1. The Labute approximate surface area is 149 Å². The van der Waals surface area contributed by atoms with Crippen LogP contribution in [0.1, 0.15) is 24.5 Å². The van der Waals surface area contributed by atoms with Crippen molar-refractivity contribution < 1.29 is 14.7 Å². The number of rotatable bonds is 4. The van der Waals surface area contributed by atoms with Crippen molar-refractivity contribution in [2.45, 2.75) is 25.5 Å². The number of ketones is 1. The van der Waals surface area contributed by atoms with Gasteiger partial charge in [-0.2, -0.15) is 0 Å². The first kappa shape index (κ1) is 17.0. The molecule has 1 amide bonds. The molecule has 1 atom stereocenters. The van der Waals surface area contributed by atoms with Crippen LogP contribution in [0, 0.1) is 0 Å². The Balaban J connectivity index is 2.10.